The van der Waals surface area contributed by atoms with E-state index in [1.807, 2.05) is 6.07 Å². The maximum Gasteiger partial charge on any atom is 0.149 e. The normalized spacial score (nSPS) is 21.7. The number of methoxy groups -OCH3 is 2. The quantitative estimate of drug-likeness (QED) is 0.786. The smallest absolute Gasteiger partial charge is 0.149 e. The van der Waals surface area contributed by atoms with Gasteiger partial charge in [0.15, 0.2) is 0 Å². The molecule has 0 aromatic heterocycles. The molecule has 0 saturated carbocycles. The van der Waals surface area contributed by atoms with Crippen LogP contribution in [0.2, 0.25) is 0 Å². The molecule has 0 unspecified atom stereocenters. The summed E-state index contributed by atoms with van der Waals surface area (Å²) in [6, 6.07) is 14.8. The second-order valence-electron chi connectivity index (χ2n) is 7.37. The summed E-state index contributed by atoms with van der Waals surface area (Å²) in [7, 11) is 3.44. The number of benzene rings is 2. The van der Waals surface area contributed by atoms with Crippen molar-refractivity contribution in [2.24, 2.45) is 11.1 Å². The largest absolute Gasteiger partial charge is 0.496 e. The van der Waals surface area contributed by atoms with Crippen molar-refractivity contribution in [3.05, 3.63) is 64.7 Å². The highest BCUT2D eigenvalue weighted by atomic mass is 16.6. The van der Waals surface area contributed by atoms with E-state index in [0.717, 1.165) is 42.2 Å². The number of aryl methyl sites for hydroxylation is 1. The van der Waals surface area contributed by atoms with Crippen molar-refractivity contribution in [2.75, 3.05) is 27.3 Å². The number of hydrogen-bond acceptors (Lipinski definition) is 5. The molecule has 0 bridgehead atoms. The Morgan fingerprint density at radius 2 is 1.93 bits per heavy atom. The lowest BCUT2D eigenvalue weighted by Crippen LogP contribution is -2.23. The van der Waals surface area contributed by atoms with Crippen LogP contribution < -0.4 is 4.74 Å². The van der Waals surface area contributed by atoms with E-state index in [9.17, 15) is 0 Å². The Morgan fingerprint density at radius 1 is 1.11 bits per heavy atom. The zero-order valence-electron chi connectivity index (χ0n) is 16.1. The second kappa shape index (κ2) is 7.71. The topological polar surface area (TPSA) is 43.3 Å². The monoisotopic (exact) mass is 366 g/mol. The van der Waals surface area contributed by atoms with Crippen LogP contribution in [0, 0.1) is 12.8 Å². The first kappa shape index (κ1) is 18.0. The third kappa shape index (κ3) is 3.70. The summed E-state index contributed by atoms with van der Waals surface area (Å²) in [5.74, 6) is 1.24. The minimum atomic E-state index is 0.134. The lowest BCUT2D eigenvalue weighted by Gasteiger charge is -2.19. The standard InChI is InChI=1S/C22H26N2O3/c1-15-4-7-17(8-5-15)22-19-12-24(13-21(19)27-23-22)11-18-10-16(14-25-2)6-9-20(18)26-3/h4-10,19,21H,11-14H2,1-3H3/t19-,21+/m0/s1. The van der Waals surface area contributed by atoms with Crippen molar-refractivity contribution < 1.29 is 14.3 Å². The molecule has 0 N–H and O–H groups in total. The van der Waals surface area contributed by atoms with Crippen LogP contribution in [0.5, 0.6) is 5.75 Å². The fraction of sp³-hybridized carbons (Fsp3) is 0.409. The molecule has 4 rings (SSSR count). The zero-order chi connectivity index (χ0) is 18.8. The molecule has 27 heavy (non-hydrogen) atoms. The fourth-order valence-corrected chi connectivity index (χ4v) is 3.99. The number of likely N-dealkylation sites (tertiary alicyclic amines) is 1. The van der Waals surface area contributed by atoms with Crippen molar-refractivity contribution in [2.45, 2.75) is 26.2 Å². The first-order valence-electron chi connectivity index (χ1n) is 9.35. The third-order valence-corrected chi connectivity index (χ3v) is 5.38. The third-order valence-electron chi connectivity index (χ3n) is 5.38. The summed E-state index contributed by atoms with van der Waals surface area (Å²) in [6.07, 6.45) is 0.134. The number of oxime groups is 1. The molecule has 2 aromatic carbocycles. The molecule has 142 valence electrons. The summed E-state index contributed by atoms with van der Waals surface area (Å²) in [5.41, 5.74) is 5.83. The number of nitrogens with zero attached hydrogens (tertiary/aromatic N) is 2. The number of ether oxygens (including phenoxy) is 2. The van der Waals surface area contributed by atoms with Gasteiger partial charge in [0.25, 0.3) is 0 Å². The van der Waals surface area contributed by atoms with E-state index in [1.54, 1.807) is 14.2 Å². The fourth-order valence-electron chi connectivity index (χ4n) is 3.99. The van der Waals surface area contributed by atoms with Crippen molar-refractivity contribution in [3.8, 4) is 5.75 Å². The van der Waals surface area contributed by atoms with Gasteiger partial charge in [-0.15, -0.1) is 0 Å². The van der Waals surface area contributed by atoms with Crippen molar-refractivity contribution in [1.29, 1.82) is 0 Å². The van der Waals surface area contributed by atoms with Crippen molar-refractivity contribution >= 4 is 5.71 Å². The van der Waals surface area contributed by atoms with Gasteiger partial charge in [0.2, 0.25) is 0 Å². The van der Waals surface area contributed by atoms with Gasteiger partial charge in [0.1, 0.15) is 11.9 Å². The maximum absolute atomic E-state index is 5.76. The first-order chi connectivity index (χ1) is 13.2. The molecule has 5 nitrogen and oxygen atoms in total. The molecule has 0 radical (unpaired) electrons. The van der Waals surface area contributed by atoms with Crippen molar-refractivity contribution in [1.82, 2.24) is 4.90 Å². The summed E-state index contributed by atoms with van der Waals surface area (Å²) in [6.45, 7) is 5.35. The average Bonchev–Trinajstić information content (AvgIpc) is 3.23. The van der Waals surface area contributed by atoms with E-state index in [4.69, 9.17) is 14.3 Å². The summed E-state index contributed by atoms with van der Waals surface area (Å²) >= 11 is 0. The molecular formula is C22H26N2O3. The van der Waals surface area contributed by atoms with Gasteiger partial charge in [-0.1, -0.05) is 41.1 Å². The van der Waals surface area contributed by atoms with Crippen LogP contribution in [0.1, 0.15) is 22.3 Å². The van der Waals surface area contributed by atoms with E-state index in [1.165, 1.54) is 11.1 Å². The van der Waals surface area contributed by atoms with E-state index in [2.05, 4.69) is 53.4 Å². The van der Waals surface area contributed by atoms with Crippen molar-refractivity contribution in [3.63, 3.8) is 0 Å². The van der Waals surface area contributed by atoms with Crippen LogP contribution in [-0.4, -0.2) is 44.0 Å². The van der Waals surface area contributed by atoms with E-state index in [-0.39, 0.29) is 6.10 Å². The van der Waals surface area contributed by atoms with Crippen LogP contribution in [0.3, 0.4) is 0 Å². The molecule has 2 aliphatic heterocycles. The molecule has 1 fully saturated rings. The Labute approximate surface area is 160 Å². The highest BCUT2D eigenvalue weighted by molar-refractivity contribution is 6.03. The van der Waals surface area contributed by atoms with Crippen LogP contribution in [-0.2, 0) is 22.7 Å². The Hall–Kier alpha value is -2.37. The van der Waals surface area contributed by atoms with Crippen LogP contribution in [0.25, 0.3) is 0 Å². The van der Waals surface area contributed by atoms with Gasteiger partial charge in [0, 0.05) is 32.3 Å². The molecule has 2 aliphatic rings. The predicted octanol–water partition coefficient (Wildman–Crippen LogP) is 3.38. The van der Waals surface area contributed by atoms with E-state index in [0.29, 0.717) is 12.5 Å². The Bertz CT molecular complexity index is 832. The lowest BCUT2D eigenvalue weighted by atomic mass is 9.94. The summed E-state index contributed by atoms with van der Waals surface area (Å²) in [5, 5.41) is 4.38. The maximum atomic E-state index is 5.76. The number of rotatable bonds is 6. The van der Waals surface area contributed by atoms with Crippen LogP contribution in [0.4, 0.5) is 0 Å². The molecule has 0 aliphatic carbocycles. The first-order valence-corrected chi connectivity index (χ1v) is 9.35. The number of hydrogen-bond donors (Lipinski definition) is 0. The molecule has 5 heteroatoms. The molecule has 2 aromatic rings. The molecule has 2 heterocycles. The molecule has 0 amide bonds. The van der Waals surface area contributed by atoms with Gasteiger partial charge in [-0.25, -0.2) is 0 Å². The van der Waals surface area contributed by atoms with Gasteiger partial charge < -0.3 is 14.3 Å². The Morgan fingerprint density at radius 3 is 2.67 bits per heavy atom. The minimum Gasteiger partial charge on any atom is -0.496 e. The summed E-state index contributed by atoms with van der Waals surface area (Å²) in [4.78, 5) is 8.18. The molecular weight excluding hydrogens is 340 g/mol. The van der Waals surface area contributed by atoms with Gasteiger partial charge in [-0.05, 0) is 30.2 Å². The highest BCUT2D eigenvalue weighted by Gasteiger charge is 2.42. The van der Waals surface area contributed by atoms with E-state index < -0.39 is 0 Å². The second-order valence-corrected chi connectivity index (χ2v) is 7.37. The Kier molecular flexibility index (Phi) is 5.14. The van der Waals surface area contributed by atoms with Gasteiger partial charge >= 0.3 is 0 Å². The molecule has 1 saturated heterocycles. The van der Waals surface area contributed by atoms with Gasteiger partial charge in [-0.3, -0.25) is 4.90 Å². The predicted molar refractivity (Wildman–Crippen MR) is 105 cm³/mol. The van der Waals surface area contributed by atoms with Gasteiger partial charge in [-0.2, -0.15) is 0 Å². The number of fused-ring (bicyclic) bond motifs is 1. The zero-order valence-corrected chi connectivity index (χ0v) is 16.1. The lowest BCUT2D eigenvalue weighted by molar-refractivity contribution is 0.0744. The molecule has 2 atom stereocenters. The minimum absolute atomic E-state index is 0.134. The highest BCUT2D eigenvalue weighted by Crippen LogP contribution is 2.32. The SMILES string of the molecule is COCc1ccc(OC)c(CN2C[C@@H]3C(c4ccc(C)cc4)=NO[C@@H]3C2)c1. The van der Waals surface area contributed by atoms with Crippen LogP contribution >= 0.6 is 0 Å². The van der Waals surface area contributed by atoms with Crippen LogP contribution in [0.15, 0.2) is 47.6 Å². The summed E-state index contributed by atoms with van der Waals surface area (Å²) < 4.78 is 10.8. The van der Waals surface area contributed by atoms with Gasteiger partial charge in [0.05, 0.1) is 25.3 Å². The average molecular weight is 366 g/mol. The molecule has 0 spiro atoms. The Balaban J connectivity index is 1.48. The van der Waals surface area contributed by atoms with E-state index >= 15 is 0 Å².